The van der Waals surface area contributed by atoms with Gasteiger partial charge < -0.3 is 9.67 Å². The fourth-order valence-electron chi connectivity index (χ4n) is 2.32. The number of aryl methyl sites for hydroxylation is 1. The Morgan fingerprint density at radius 2 is 2.41 bits per heavy atom. The van der Waals surface area contributed by atoms with E-state index in [9.17, 15) is 13.5 Å². The summed E-state index contributed by atoms with van der Waals surface area (Å²) in [7, 11) is -2.95. The first-order chi connectivity index (χ1) is 8.03. The van der Waals surface area contributed by atoms with Crippen molar-refractivity contribution in [2.75, 3.05) is 11.5 Å². The van der Waals surface area contributed by atoms with E-state index in [-0.39, 0.29) is 17.4 Å². The number of hydrogen-bond acceptors (Lipinski definition) is 4. The van der Waals surface area contributed by atoms with Gasteiger partial charge in [0.15, 0.2) is 9.84 Å². The molecule has 0 amide bonds. The van der Waals surface area contributed by atoms with Crippen molar-refractivity contribution in [1.29, 1.82) is 0 Å². The van der Waals surface area contributed by atoms with Gasteiger partial charge in [0.1, 0.15) is 0 Å². The van der Waals surface area contributed by atoms with Gasteiger partial charge in [-0.3, -0.25) is 0 Å². The Balaban J connectivity index is 2.14. The molecule has 17 heavy (non-hydrogen) atoms. The maximum atomic E-state index is 11.4. The van der Waals surface area contributed by atoms with Crippen molar-refractivity contribution in [1.82, 2.24) is 9.55 Å². The van der Waals surface area contributed by atoms with Gasteiger partial charge in [-0.1, -0.05) is 6.92 Å². The van der Waals surface area contributed by atoms with E-state index in [2.05, 4.69) is 11.9 Å². The van der Waals surface area contributed by atoms with E-state index in [0.717, 1.165) is 18.7 Å². The molecule has 2 rings (SSSR count). The van der Waals surface area contributed by atoms with Gasteiger partial charge in [0.2, 0.25) is 0 Å². The van der Waals surface area contributed by atoms with E-state index in [1.54, 1.807) is 12.5 Å². The molecule has 0 spiro atoms. The second-order valence-corrected chi connectivity index (χ2v) is 6.85. The summed E-state index contributed by atoms with van der Waals surface area (Å²) in [6, 6.07) is 0. The molecule has 1 aromatic rings. The van der Waals surface area contributed by atoms with Gasteiger partial charge in [-0.2, -0.15) is 0 Å². The molecule has 0 aromatic carbocycles. The second kappa shape index (κ2) is 4.78. The molecule has 96 valence electrons. The number of nitrogens with zero attached hydrogens (tertiary/aromatic N) is 2. The van der Waals surface area contributed by atoms with Crippen LogP contribution in [0.2, 0.25) is 0 Å². The Kier molecular flexibility index (Phi) is 3.53. The second-order valence-electron chi connectivity index (χ2n) is 4.62. The van der Waals surface area contributed by atoms with Crippen molar-refractivity contribution in [2.24, 2.45) is 5.92 Å². The number of rotatable bonds is 4. The van der Waals surface area contributed by atoms with Crippen LogP contribution in [-0.4, -0.2) is 34.6 Å². The fraction of sp³-hybridized carbons (Fsp3) is 0.727. The smallest absolute Gasteiger partial charge is 0.150 e. The summed E-state index contributed by atoms with van der Waals surface area (Å²) in [4.78, 5) is 4.02. The van der Waals surface area contributed by atoms with E-state index >= 15 is 0 Å². The molecule has 1 saturated heterocycles. The van der Waals surface area contributed by atoms with Crippen molar-refractivity contribution in [3.05, 3.63) is 18.2 Å². The number of aliphatic hydroxyl groups is 1. The Morgan fingerprint density at radius 1 is 1.65 bits per heavy atom. The van der Waals surface area contributed by atoms with Crippen LogP contribution in [-0.2, 0) is 16.4 Å². The van der Waals surface area contributed by atoms with Crippen LogP contribution in [0.4, 0.5) is 0 Å². The lowest BCUT2D eigenvalue weighted by Gasteiger charge is -2.18. The summed E-state index contributed by atoms with van der Waals surface area (Å²) >= 11 is 0. The molecule has 2 heterocycles. The fourth-order valence-corrected chi connectivity index (χ4v) is 4.15. The molecule has 2 unspecified atom stereocenters. The van der Waals surface area contributed by atoms with Crippen LogP contribution < -0.4 is 0 Å². The van der Waals surface area contributed by atoms with Crippen LogP contribution in [0.3, 0.4) is 0 Å². The summed E-state index contributed by atoms with van der Waals surface area (Å²) in [6.07, 6.45) is 4.10. The molecule has 0 bridgehead atoms. The Hall–Kier alpha value is -0.880. The highest BCUT2D eigenvalue weighted by molar-refractivity contribution is 7.91. The van der Waals surface area contributed by atoms with Crippen LogP contribution in [0.5, 0.6) is 0 Å². The van der Waals surface area contributed by atoms with Gasteiger partial charge in [-0.25, -0.2) is 13.4 Å². The zero-order valence-electron chi connectivity index (χ0n) is 9.91. The van der Waals surface area contributed by atoms with Crippen molar-refractivity contribution in [3.8, 4) is 0 Å². The number of imidazole rings is 1. The van der Waals surface area contributed by atoms with Gasteiger partial charge in [0.05, 0.1) is 35.8 Å². The maximum Gasteiger partial charge on any atom is 0.150 e. The largest absolute Gasteiger partial charge is 0.386 e. The van der Waals surface area contributed by atoms with Crippen molar-refractivity contribution >= 4 is 9.84 Å². The first-order valence-corrected chi connectivity index (χ1v) is 7.74. The van der Waals surface area contributed by atoms with Crippen LogP contribution in [0.25, 0.3) is 0 Å². The highest BCUT2D eigenvalue weighted by Gasteiger charge is 2.34. The number of hydrogen-bond donors (Lipinski definition) is 1. The molecule has 0 radical (unpaired) electrons. The topological polar surface area (TPSA) is 72.2 Å². The zero-order valence-corrected chi connectivity index (χ0v) is 10.7. The van der Waals surface area contributed by atoms with Gasteiger partial charge in [-0.15, -0.1) is 0 Å². The van der Waals surface area contributed by atoms with E-state index in [1.807, 2.05) is 4.57 Å². The minimum absolute atomic E-state index is 0.0888. The average molecular weight is 258 g/mol. The lowest BCUT2D eigenvalue weighted by atomic mass is 9.99. The molecule has 1 aliphatic heterocycles. The Morgan fingerprint density at radius 3 is 3.00 bits per heavy atom. The average Bonchev–Trinajstić information content (AvgIpc) is 2.84. The van der Waals surface area contributed by atoms with Crippen molar-refractivity contribution in [3.63, 3.8) is 0 Å². The van der Waals surface area contributed by atoms with Crippen molar-refractivity contribution in [2.45, 2.75) is 32.4 Å². The lowest BCUT2D eigenvalue weighted by molar-refractivity contribution is 0.112. The quantitative estimate of drug-likeness (QED) is 0.865. The summed E-state index contributed by atoms with van der Waals surface area (Å²) in [6.45, 7) is 2.85. The number of sulfone groups is 1. The minimum Gasteiger partial charge on any atom is -0.386 e. The molecular formula is C11H18N2O3S. The first kappa shape index (κ1) is 12.6. The summed E-state index contributed by atoms with van der Waals surface area (Å²) in [5, 5.41) is 10.2. The molecule has 1 aromatic heterocycles. The Bertz CT molecular complexity index is 481. The third kappa shape index (κ3) is 2.69. The molecule has 6 heteroatoms. The van der Waals surface area contributed by atoms with E-state index < -0.39 is 15.9 Å². The van der Waals surface area contributed by atoms with E-state index in [1.165, 1.54) is 0 Å². The predicted octanol–water partition coefficient (Wildman–Crippen LogP) is 0.761. The van der Waals surface area contributed by atoms with E-state index in [0.29, 0.717) is 6.42 Å². The number of aromatic nitrogens is 2. The highest BCUT2D eigenvalue weighted by Crippen LogP contribution is 2.31. The molecule has 1 N–H and O–H groups in total. The number of aliphatic hydroxyl groups excluding tert-OH is 1. The first-order valence-electron chi connectivity index (χ1n) is 5.92. The molecule has 5 nitrogen and oxygen atoms in total. The molecule has 1 aliphatic rings. The Labute approximate surface area is 101 Å². The van der Waals surface area contributed by atoms with Gasteiger partial charge in [0.25, 0.3) is 0 Å². The van der Waals surface area contributed by atoms with Gasteiger partial charge in [-0.05, 0) is 12.8 Å². The van der Waals surface area contributed by atoms with E-state index in [4.69, 9.17) is 0 Å². The third-order valence-electron chi connectivity index (χ3n) is 3.23. The molecule has 0 saturated carbocycles. The molecule has 1 fully saturated rings. The standard InChI is InChI=1S/C11H18N2O3S/c1-2-4-13-8-12-6-10(13)11(14)9-3-5-17(15,16)7-9/h6,8-9,11,14H,2-5,7H2,1H3. The monoisotopic (exact) mass is 258 g/mol. The van der Waals surface area contributed by atoms with Gasteiger partial charge in [0, 0.05) is 12.5 Å². The van der Waals surface area contributed by atoms with Crippen LogP contribution in [0, 0.1) is 5.92 Å². The summed E-state index contributed by atoms with van der Waals surface area (Å²) in [5.74, 6) is 0.0922. The predicted molar refractivity (Wildman–Crippen MR) is 64.2 cm³/mol. The van der Waals surface area contributed by atoms with Crippen molar-refractivity contribution < 1.29 is 13.5 Å². The van der Waals surface area contributed by atoms with Gasteiger partial charge >= 0.3 is 0 Å². The van der Waals surface area contributed by atoms with Crippen LogP contribution in [0.15, 0.2) is 12.5 Å². The maximum absolute atomic E-state index is 11.4. The molecular weight excluding hydrogens is 240 g/mol. The lowest BCUT2D eigenvalue weighted by Crippen LogP contribution is -2.17. The highest BCUT2D eigenvalue weighted by atomic mass is 32.2. The van der Waals surface area contributed by atoms with Crippen LogP contribution in [0.1, 0.15) is 31.6 Å². The SMILES string of the molecule is CCCn1cncc1C(O)C1CCS(=O)(=O)C1. The summed E-state index contributed by atoms with van der Waals surface area (Å²) in [5.41, 5.74) is 0.731. The summed E-state index contributed by atoms with van der Waals surface area (Å²) < 4.78 is 24.7. The third-order valence-corrected chi connectivity index (χ3v) is 5.02. The normalized spacial score (nSPS) is 24.9. The minimum atomic E-state index is -2.95. The molecule has 0 aliphatic carbocycles. The van der Waals surface area contributed by atoms with Crippen LogP contribution >= 0.6 is 0 Å². The molecule has 2 atom stereocenters. The zero-order chi connectivity index (χ0) is 12.5.